The monoisotopic (exact) mass is 410 g/mol. The summed E-state index contributed by atoms with van der Waals surface area (Å²) in [5.41, 5.74) is 2.62. The molecule has 112 valence electrons. The lowest BCUT2D eigenvalue weighted by Gasteiger charge is -2.12. The molecular weight excluding hydrogens is 392 g/mol. The van der Waals surface area contributed by atoms with Gasteiger partial charge in [-0.3, -0.25) is 0 Å². The second kappa shape index (κ2) is 9.39. The molecule has 21 heavy (non-hydrogen) atoms. The van der Waals surface area contributed by atoms with Crippen molar-refractivity contribution in [2.75, 3.05) is 13.2 Å². The normalized spacial score (nSPS) is 13.8. The molecule has 2 unspecified atom stereocenters. The number of hydrogen-bond acceptors (Lipinski definition) is 1. The number of alkyl halides is 2. The van der Waals surface area contributed by atoms with E-state index in [1.165, 1.54) is 11.1 Å². The first-order chi connectivity index (χ1) is 10.3. The van der Waals surface area contributed by atoms with E-state index in [0.29, 0.717) is 9.65 Å². The topological polar surface area (TPSA) is 9.23 Å². The zero-order chi connectivity index (χ0) is 14.9. The van der Waals surface area contributed by atoms with Gasteiger partial charge >= 0.3 is 0 Å². The zero-order valence-electron chi connectivity index (χ0n) is 11.9. The van der Waals surface area contributed by atoms with Gasteiger partial charge in [0.05, 0.1) is 0 Å². The van der Waals surface area contributed by atoms with Gasteiger partial charge in [-0.2, -0.15) is 0 Å². The summed E-state index contributed by atoms with van der Waals surface area (Å²) in [5, 5.41) is 0. The Hall–Kier alpha value is -0.640. The van der Waals surface area contributed by atoms with Gasteiger partial charge in [-0.15, -0.1) is 0 Å². The third kappa shape index (κ3) is 5.93. The molecule has 0 fully saturated rings. The summed E-state index contributed by atoms with van der Waals surface area (Å²) in [7, 11) is 0. The number of halogens is 2. The average Bonchev–Trinajstić information content (AvgIpc) is 2.55. The van der Waals surface area contributed by atoms with Gasteiger partial charge in [0.25, 0.3) is 0 Å². The fourth-order valence-electron chi connectivity index (χ4n) is 2.13. The lowest BCUT2D eigenvalue weighted by molar-refractivity contribution is 0.129. The molecule has 0 aliphatic rings. The minimum Gasteiger partial charge on any atom is -0.381 e. The summed E-state index contributed by atoms with van der Waals surface area (Å²) in [6.45, 7) is 1.55. The van der Waals surface area contributed by atoms with Crippen LogP contribution in [0.15, 0.2) is 60.7 Å². The molecule has 0 aliphatic carbocycles. The highest BCUT2D eigenvalue weighted by Crippen LogP contribution is 2.27. The van der Waals surface area contributed by atoms with Crippen LogP contribution in [-0.4, -0.2) is 13.2 Å². The fraction of sp³-hybridized carbons (Fsp3) is 0.333. The summed E-state index contributed by atoms with van der Waals surface area (Å²) >= 11 is 7.43. The molecule has 2 rings (SSSR count). The molecule has 2 aromatic rings. The van der Waals surface area contributed by atoms with E-state index < -0.39 is 0 Å². The third-order valence-corrected chi connectivity index (χ3v) is 5.33. The van der Waals surface area contributed by atoms with Crippen molar-refractivity contribution >= 4 is 31.9 Å². The van der Waals surface area contributed by atoms with E-state index in [4.69, 9.17) is 4.74 Å². The first-order valence-electron chi connectivity index (χ1n) is 7.23. The number of hydrogen-bond donors (Lipinski definition) is 0. The van der Waals surface area contributed by atoms with E-state index in [2.05, 4.69) is 80.4 Å². The predicted octanol–water partition coefficient (Wildman–Crippen LogP) is 6.06. The zero-order valence-corrected chi connectivity index (χ0v) is 15.1. The highest BCUT2D eigenvalue weighted by molar-refractivity contribution is 9.09. The van der Waals surface area contributed by atoms with Crippen LogP contribution in [-0.2, 0) is 4.74 Å². The van der Waals surface area contributed by atoms with Crippen molar-refractivity contribution in [3.63, 3.8) is 0 Å². The van der Waals surface area contributed by atoms with Gasteiger partial charge < -0.3 is 4.74 Å². The molecule has 1 nitrogen and oxygen atoms in total. The standard InChI is InChI=1S/C18H20Br2O/c19-17(15-7-3-1-4-8-15)11-13-21-14-12-18(20)16-9-5-2-6-10-16/h1-10,17-18H,11-14H2. The van der Waals surface area contributed by atoms with Crippen molar-refractivity contribution in [1.82, 2.24) is 0 Å². The largest absolute Gasteiger partial charge is 0.381 e. The molecular formula is C18H20Br2O. The molecule has 3 heteroatoms. The summed E-state index contributed by atoms with van der Waals surface area (Å²) in [5.74, 6) is 0. The van der Waals surface area contributed by atoms with Gasteiger partial charge in [0.15, 0.2) is 0 Å². The van der Waals surface area contributed by atoms with Crippen molar-refractivity contribution in [3.05, 3.63) is 71.8 Å². The van der Waals surface area contributed by atoms with Crippen LogP contribution in [0.5, 0.6) is 0 Å². The average molecular weight is 412 g/mol. The molecule has 0 aromatic heterocycles. The lowest BCUT2D eigenvalue weighted by atomic mass is 10.1. The molecule has 0 bridgehead atoms. The quantitative estimate of drug-likeness (QED) is 0.379. The Morgan fingerprint density at radius 1 is 0.667 bits per heavy atom. The molecule has 0 spiro atoms. The Morgan fingerprint density at radius 3 is 1.43 bits per heavy atom. The van der Waals surface area contributed by atoms with Crippen LogP contribution in [0.4, 0.5) is 0 Å². The highest BCUT2D eigenvalue weighted by atomic mass is 79.9. The number of ether oxygens (including phenoxy) is 1. The maximum atomic E-state index is 5.76. The van der Waals surface area contributed by atoms with Crippen LogP contribution in [0.2, 0.25) is 0 Å². The minimum atomic E-state index is 0.368. The Labute approximate surface area is 144 Å². The van der Waals surface area contributed by atoms with Crippen LogP contribution in [0, 0.1) is 0 Å². The molecule has 0 aliphatic heterocycles. The van der Waals surface area contributed by atoms with Crippen molar-refractivity contribution in [1.29, 1.82) is 0 Å². The summed E-state index contributed by atoms with van der Waals surface area (Å²) in [4.78, 5) is 0.736. The first-order valence-corrected chi connectivity index (χ1v) is 9.06. The van der Waals surface area contributed by atoms with Gasteiger partial charge in [-0.25, -0.2) is 0 Å². The smallest absolute Gasteiger partial charge is 0.0479 e. The second-order valence-corrected chi connectivity index (χ2v) is 7.16. The first kappa shape index (κ1) is 16.7. The lowest BCUT2D eigenvalue weighted by Crippen LogP contribution is -2.02. The van der Waals surface area contributed by atoms with Crippen molar-refractivity contribution in [2.45, 2.75) is 22.5 Å². The third-order valence-electron chi connectivity index (χ3n) is 3.35. The number of rotatable bonds is 8. The van der Waals surface area contributed by atoms with E-state index in [9.17, 15) is 0 Å². The van der Waals surface area contributed by atoms with Crippen molar-refractivity contribution in [3.8, 4) is 0 Å². The van der Waals surface area contributed by atoms with Gasteiger partial charge in [0.2, 0.25) is 0 Å². The molecule has 0 saturated heterocycles. The van der Waals surface area contributed by atoms with Gasteiger partial charge in [-0.05, 0) is 24.0 Å². The van der Waals surface area contributed by atoms with Crippen LogP contribution in [0.25, 0.3) is 0 Å². The minimum absolute atomic E-state index is 0.368. The highest BCUT2D eigenvalue weighted by Gasteiger charge is 2.08. The molecule has 0 amide bonds. The van der Waals surface area contributed by atoms with Gasteiger partial charge in [0.1, 0.15) is 0 Å². The summed E-state index contributed by atoms with van der Waals surface area (Å²) < 4.78 is 5.76. The maximum Gasteiger partial charge on any atom is 0.0479 e. The Kier molecular flexibility index (Phi) is 7.48. The fourth-order valence-corrected chi connectivity index (χ4v) is 3.12. The predicted molar refractivity (Wildman–Crippen MR) is 96.3 cm³/mol. The van der Waals surface area contributed by atoms with Crippen molar-refractivity contribution in [2.24, 2.45) is 0 Å². The van der Waals surface area contributed by atoms with E-state index in [1.54, 1.807) is 0 Å². The summed E-state index contributed by atoms with van der Waals surface area (Å²) in [6.07, 6.45) is 1.98. The Morgan fingerprint density at radius 2 is 1.05 bits per heavy atom. The van der Waals surface area contributed by atoms with Crippen molar-refractivity contribution < 1.29 is 4.74 Å². The molecule has 2 aromatic carbocycles. The molecule has 0 N–H and O–H groups in total. The van der Waals surface area contributed by atoms with E-state index in [0.717, 1.165) is 26.1 Å². The van der Waals surface area contributed by atoms with E-state index in [-0.39, 0.29) is 0 Å². The maximum absolute atomic E-state index is 5.76. The van der Waals surface area contributed by atoms with Crippen LogP contribution in [0.1, 0.15) is 33.6 Å². The van der Waals surface area contributed by atoms with Crippen LogP contribution < -0.4 is 0 Å². The summed E-state index contributed by atoms with van der Waals surface area (Å²) in [6, 6.07) is 20.9. The second-order valence-electron chi connectivity index (χ2n) is 4.95. The Balaban J connectivity index is 1.62. The molecule has 0 radical (unpaired) electrons. The van der Waals surface area contributed by atoms with Gasteiger partial charge in [0, 0.05) is 22.9 Å². The molecule has 2 atom stereocenters. The van der Waals surface area contributed by atoms with Gasteiger partial charge in [-0.1, -0.05) is 92.5 Å². The SMILES string of the molecule is BrC(CCOCCC(Br)c1ccccc1)c1ccccc1. The van der Waals surface area contributed by atoms with E-state index >= 15 is 0 Å². The molecule has 0 saturated carbocycles. The Bertz CT molecular complexity index is 454. The van der Waals surface area contributed by atoms with Crippen LogP contribution >= 0.6 is 31.9 Å². The van der Waals surface area contributed by atoms with E-state index in [1.807, 2.05) is 12.1 Å². The van der Waals surface area contributed by atoms with Crippen LogP contribution in [0.3, 0.4) is 0 Å². The number of benzene rings is 2. The molecule has 0 heterocycles.